The van der Waals surface area contributed by atoms with Crippen LogP contribution in [0, 0.1) is 0 Å². The molecular weight excluding hydrogens is 368 g/mol. The average molecular weight is 388 g/mol. The minimum atomic E-state index is -1.23. The number of anilines is 2. The van der Waals surface area contributed by atoms with Gasteiger partial charge in [-0.05, 0) is 34.4 Å². The number of esters is 1. The zero-order valence-corrected chi connectivity index (χ0v) is 15.8. The minimum absolute atomic E-state index is 0.0598. The van der Waals surface area contributed by atoms with Crippen molar-refractivity contribution in [3.05, 3.63) is 82.9 Å². The highest BCUT2D eigenvalue weighted by Gasteiger charge is 2.30. The molecule has 3 aromatic rings. The van der Waals surface area contributed by atoms with Gasteiger partial charge in [0, 0.05) is 13.0 Å². The standard InChI is InChI=1S/C23H20N2O4/c1-25-19-11-10-17(22(26)27)20(21(19)24)23(28)29-12-18-15-8-4-2-6-13(15)14-7-3-5-9-16(14)18/h2-11,18,25H,12,24H2,1H3,(H,26,27). The first-order valence-corrected chi connectivity index (χ1v) is 9.21. The van der Waals surface area contributed by atoms with E-state index < -0.39 is 11.9 Å². The summed E-state index contributed by atoms with van der Waals surface area (Å²) in [5, 5.41) is 12.3. The van der Waals surface area contributed by atoms with Crippen LogP contribution in [-0.2, 0) is 4.74 Å². The zero-order valence-electron chi connectivity index (χ0n) is 15.8. The van der Waals surface area contributed by atoms with E-state index in [1.54, 1.807) is 7.05 Å². The Bertz CT molecular complexity index is 1080. The normalized spacial score (nSPS) is 12.2. The van der Waals surface area contributed by atoms with E-state index in [0.717, 1.165) is 22.3 Å². The number of aromatic carboxylic acids is 1. The maximum absolute atomic E-state index is 12.8. The third-order valence-corrected chi connectivity index (χ3v) is 5.29. The molecule has 0 atom stereocenters. The molecule has 1 aliphatic carbocycles. The number of hydrogen-bond acceptors (Lipinski definition) is 5. The summed E-state index contributed by atoms with van der Waals surface area (Å²) in [6, 6.07) is 18.9. The third-order valence-electron chi connectivity index (χ3n) is 5.29. The van der Waals surface area contributed by atoms with E-state index in [0.29, 0.717) is 5.69 Å². The SMILES string of the molecule is CNc1ccc(C(=O)O)c(C(=O)OCC2c3ccccc3-c3ccccc32)c1N. The Balaban J connectivity index is 1.66. The van der Waals surface area contributed by atoms with Crippen LogP contribution in [0.2, 0.25) is 0 Å². The molecule has 6 heteroatoms. The van der Waals surface area contributed by atoms with Gasteiger partial charge in [-0.25, -0.2) is 9.59 Å². The fourth-order valence-electron chi connectivity index (χ4n) is 3.91. The summed E-state index contributed by atoms with van der Waals surface area (Å²) < 4.78 is 5.59. The van der Waals surface area contributed by atoms with E-state index in [2.05, 4.69) is 5.32 Å². The van der Waals surface area contributed by atoms with Crippen LogP contribution in [-0.4, -0.2) is 30.7 Å². The maximum atomic E-state index is 12.8. The summed E-state index contributed by atoms with van der Waals surface area (Å²) in [6.07, 6.45) is 0. The van der Waals surface area contributed by atoms with Gasteiger partial charge in [0.1, 0.15) is 6.61 Å². The van der Waals surface area contributed by atoms with Crippen LogP contribution >= 0.6 is 0 Å². The van der Waals surface area contributed by atoms with Gasteiger partial charge in [-0.3, -0.25) is 0 Å². The molecule has 0 spiro atoms. The van der Waals surface area contributed by atoms with Crippen molar-refractivity contribution in [1.82, 2.24) is 0 Å². The lowest BCUT2D eigenvalue weighted by Gasteiger charge is -2.16. The molecule has 4 N–H and O–H groups in total. The fraction of sp³-hybridized carbons (Fsp3) is 0.130. The zero-order chi connectivity index (χ0) is 20.5. The Morgan fingerprint density at radius 2 is 1.59 bits per heavy atom. The first-order chi connectivity index (χ1) is 14.0. The number of nitrogens with two attached hydrogens (primary N) is 1. The predicted molar refractivity (Wildman–Crippen MR) is 111 cm³/mol. The Hall–Kier alpha value is -3.80. The molecule has 0 aromatic heterocycles. The van der Waals surface area contributed by atoms with E-state index >= 15 is 0 Å². The number of carbonyl (C=O) groups excluding carboxylic acids is 1. The van der Waals surface area contributed by atoms with E-state index in [9.17, 15) is 14.7 Å². The van der Waals surface area contributed by atoms with Crippen molar-refractivity contribution in [2.45, 2.75) is 5.92 Å². The molecule has 0 amide bonds. The molecular formula is C23H20N2O4. The second-order valence-electron chi connectivity index (χ2n) is 6.83. The number of carboxylic acids is 1. The molecule has 1 aliphatic rings. The van der Waals surface area contributed by atoms with Crippen LogP contribution in [0.15, 0.2) is 60.7 Å². The van der Waals surface area contributed by atoms with E-state index in [-0.39, 0.29) is 29.3 Å². The molecule has 0 saturated carbocycles. The fourth-order valence-corrected chi connectivity index (χ4v) is 3.91. The highest BCUT2D eigenvalue weighted by atomic mass is 16.5. The quantitative estimate of drug-likeness (QED) is 0.451. The molecule has 0 aliphatic heterocycles. The van der Waals surface area contributed by atoms with Crippen LogP contribution in [0.4, 0.5) is 11.4 Å². The van der Waals surface area contributed by atoms with Gasteiger partial charge in [-0.2, -0.15) is 0 Å². The van der Waals surface area contributed by atoms with Crippen LogP contribution in [0.5, 0.6) is 0 Å². The van der Waals surface area contributed by atoms with Gasteiger partial charge in [0.15, 0.2) is 0 Å². The highest BCUT2D eigenvalue weighted by molar-refractivity contribution is 6.08. The van der Waals surface area contributed by atoms with Crippen LogP contribution in [0.25, 0.3) is 11.1 Å². The lowest BCUT2D eigenvalue weighted by atomic mass is 9.98. The van der Waals surface area contributed by atoms with Gasteiger partial charge in [0.05, 0.1) is 22.5 Å². The van der Waals surface area contributed by atoms with Crippen molar-refractivity contribution < 1.29 is 19.4 Å². The molecule has 0 radical (unpaired) electrons. The lowest BCUT2D eigenvalue weighted by Crippen LogP contribution is -2.18. The monoisotopic (exact) mass is 388 g/mol. The number of nitrogen functional groups attached to an aromatic ring is 1. The van der Waals surface area contributed by atoms with E-state index in [4.69, 9.17) is 10.5 Å². The van der Waals surface area contributed by atoms with E-state index in [1.165, 1.54) is 12.1 Å². The van der Waals surface area contributed by atoms with Crippen LogP contribution in [0.3, 0.4) is 0 Å². The number of carboxylic acid groups (broad SMARTS) is 1. The summed E-state index contributed by atoms with van der Waals surface area (Å²) in [5.41, 5.74) is 10.7. The molecule has 0 heterocycles. The summed E-state index contributed by atoms with van der Waals surface area (Å²) in [7, 11) is 1.65. The van der Waals surface area contributed by atoms with Gasteiger partial charge in [0.25, 0.3) is 0 Å². The minimum Gasteiger partial charge on any atom is -0.478 e. The van der Waals surface area contributed by atoms with Crippen molar-refractivity contribution in [3.63, 3.8) is 0 Å². The van der Waals surface area contributed by atoms with Crippen molar-refractivity contribution >= 4 is 23.3 Å². The van der Waals surface area contributed by atoms with Crippen LogP contribution < -0.4 is 11.1 Å². The second-order valence-corrected chi connectivity index (χ2v) is 6.83. The Kier molecular flexibility index (Phi) is 4.68. The molecule has 0 saturated heterocycles. The van der Waals surface area contributed by atoms with Crippen LogP contribution in [0.1, 0.15) is 37.8 Å². The number of benzene rings is 3. The smallest absolute Gasteiger partial charge is 0.341 e. The number of ether oxygens (including phenoxy) is 1. The van der Waals surface area contributed by atoms with Crippen molar-refractivity contribution in [2.24, 2.45) is 0 Å². The van der Waals surface area contributed by atoms with Crippen molar-refractivity contribution in [1.29, 1.82) is 0 Å². The number of rotatable bonds is 5. The first kappa shape index (κ1) is 18.6. The van der Waals surface area contributed by atoms with E-state index in [1.807, 2.05) is 48.5 Å². The number of fused-ring (bicyclic) bond motifs is 3. The van der Waals surface area contributed by atoms with Crippen molar-refractivity contribution in [2.75, 3.05) is 24.7 Å². The van der Waals surface area contributed by atoms with Gasteiger partial charge in [-0.1, -0.05) is 48.5 Å². The summed E-state index contributed by atoms with van der Waals surface area (Å²) in [6.45, 7) is 0.0924. The first-order valence-electron chi connectivity index (χ1n) is 9.21. The van der Waals surface area contributed by atoms with Gasteiger partial charge >= 0.3 is 11.9 Å². The Morgan fingerprint density at radius 1 is 1.00 bits per heavy atom. The Morgan fingerprint density at radius 3 is 2.14 bits per heavy atom. The largest absolute Gasteiger partial charge is 0.478 e. The molecule has 29 heavy (non-hydrogen) atoms. The summed E-state index contributed by atoms with van der Waals surface area (Å²) >= 11 is 0. The molecule has 0 unspecified atom stereocenters. The molecule has 6 nitrogen and oxygen atoms in total. The lowest BCUT2D eigenvalue weighted by molar-refractivity contribution is 0.0485. The molecule has 4 rings (SSSR count). The summed E-state index contributed by atoms with van der Waals surface area (Å²) in [5.74, 6) is -2.10. The second kappa shape index (κ2) is 7.31. The number of hydrogen-bond donors (Lipinski definition) is 3. The maximum Gasteiger partial charge on any atom is 0.341 e. The average Bonchev–Trinajstić information content (AvgIpc) is 3.05. The predicted octanol–water partition coefficient (Wildman–Crippen LogP) is 3.98. The molecule has 3 aromatic carbocycles. The van der Waals surface area contributed by atoms with Gasteiger partial charge in [0.2, 0.25) is 0 Å². The number of carbonyl (C=O) groups is 2. The topological polar surface area (TPSA) is 102 Å². The van der Waals surface area contributed by atoms with Gasteiger partial charge < -0.3 is 20.9 Å². The molecule has 0 fully saturated rings. The Labute approximate surface area is 167 Å². The summed E-state index contributed by atoms with van der Waals surface area (Å²) in [4.78, 5) is 24.4. The number of nitrogens with one attached hydrogen (secondary N) is 1. The van der Waals surface area contributed by atoms with Gasteiger partial charge in [-0.15, -0.1) is 0 Å². The van der Waals surface area contributed by atoms with Crippen molar-refractivity contribution in [3.8, 4) is 11.1 Å². The third kappa shape index (κ3) is 3.08. The molecule has 146 valence electrons. The molecule has 0 bridgehead atoms. The highest BCUT2D eigenvalue weighted by Crippen LogP contribution is 2.44.